The van der Waals surface area contributed by atoms with E-state index in [4.69, 9.17) is 16.2 Å². The van der Waals surface area contributed by atoms with Gasteiger partial charge in [0.25, 0.3) is 5.91 Å². The zero-order valence-corrected chi connectivity index (χ0v) is 20.3. The first-order valence-corrected chi connectivity index (χ1v) is 11.8. The summed E-state index contributed by atoms with van der Waals surface area (Å²) in [6.07, 6.45) is 8.75. The van der Waals surface area contributed by atoms with Gasteiger partial charge in [-0.15, -0.1) is 0 Å². The van der Waals surface area contributed by atoms with Gasteiger partial charge < -0.3 is 26.8 Å². The number of pyridine rings is 2. The highest BCUT2D eigenvalue weighted by molar-refractivity contribution is 5.98. The molecule has 10 nitrogen and oxygen atoms in total. The Bertz CT molecular complexity index is 1120. The van der Waals surface area contributed by atoms with Gasteiger partial charge in [-0.1, -0.05) is 26.2 Å². The first-order valence-electron chi connectivity index (χ1n) is 11.8. The molecule has 11 heteroatoms. The van der Waals surface area contributed by atoms with E-state index in [0.29, 0.717) is 23.9 Å². The monoisotopic (exact) mass is 484 g/mol. The second-order valence-corrected chi connectivity index (χ2v) is 8.24. The van der Waals surface area contributed by atoms with Gasteiger partial charge in [0.15, 0.2) is 11.6 Å². The number of hydrogen-bond acceptors (Lipinski definition) is 8. The van der Waals surface area contributed by atoms with E-state index < -0.39 is 11.7 Å². The lowest BCUT2D eigenvalue weighted by atomic mass is 10.0. The highest BCUT2D eigenvalue weighted by Crippen LogP contribution is 2.28. The van der Waals surface area contributed by atoms with Crippen molar-refractivity contribution < 1.29 is 13.9 Å². The smallest absolute Gasteiger partial charge is 0.252 e. The SMILES string of the molecule is CCCCC[C@@H](Nc1nc(Nc2cnc(OCC)c(-n3cccn3)c2)c(C(N)=O)cc1F)[C@H](C)N. The average Bonchev–Trinajstić information content (AvgIpc) is 3.36. The van der Waals surface area contributed by atoms with Crippen LogP contribution in [0, 0.1) is 5.82 Å². The van der Waals surface area contributed by atoms with Gasteiger partial charge in [-0.05, 0) is 38.5 Å². The summed E-state index contributed by atoms with van der Waals surface area (Å²) < 4.78 is 22.1. The van der Waals surface area contributed by atoms with Gasteiger partial charge in [0.1, 0.15) is 11.5 Å². The summed E-state index contributed by atoms with van der Waals surface area (Å²) in [7, 11) is 0. The van der Waals surface area contributed by atoms with Crippen LogP contribution in [0.2, 0.25) is 0 Å². The molecule has 0 aliphatic rings. The number of ether oxygens (including phenoxy) is 1. The number of rotatable bonds is 13. The fourth-order valence-corrected chi connectivity index (χ4v) is 3.60. The van der Waals surface area contributed by atoms with Crippen LogP contribution < -0.4 is 26.8 Å². The molecule has 0 saturated heterocycles. The fraction of sp³-hybridized carbons (Fsp3) is 0.417. The molecule has 0 radical (unpaired) electrons. The zero-order chi connectivity index (χ0) is 25.4. The Labute approximate surface area is 204 Å². The maximum absolute atomic E-state index is 14.9. The second-order valence-electron chi connectivity index (χ2n) is 8.24. The molecule has 0 unspecified atom stereocenters. The molecule has 0 fully saturated rings. The van der Waals surface area contributed by atoms with Crippen molar-refractivity contribution in [1.82, 2.24) is 19.7 Å². The number of carbonyl (C=O) groups excluding carboxylic acids is 1. The van der Waals surface area contributed by atoms with Crippen LogP contribution in [-0.4, -0.2) is 44.3 Å². The Morgan fingerprint density at radius 2 is 2.06 bits per heavy atom. The molecule has 35 heavy (non-hydrogen) atoms. The number of halogens is 1. The van der Waals surface area contributed by atoms with Gasteiger partial charge in [-0.2, -0.15) is 5.10 Å². The first kappa shape index (κ1) is 25.9. The topological polar surface area (TPSA) is 146 Å². The molecule has 3 aromatic rings. The summed E-state index contributed by atoms with van der Waals surface area (Å²) in [5.41, 5.74) is 12.6. The Morgan fingerprint density at radius 3 is 2.69 bits per heavy atom. The third-order valence-electron chi connectivity index (χ3n) is 5.44. The molecule has 1 amide bonds. The van der Waals surface area contributed by atoms with Crippen LogP contribution in [-0.2, 0) is 0 Å². The van der Waals surface area contributed by atoms with Gasteiger partial charge in [0.05, 0.1) is 24.1 Å². The molecular weight excluding hydrogens is 451 g/mol. The Balaban J connectivity index is 1.95. The summed E-state index contributed by atoms with van der Waals surface area (Å²) in [6, 6.07) is 4.17. The van der Waals surface area contributed by atoms with Gasteiger partial charge in [0, 0.05) is 24.5 Å². The molecule has 2 atom stereocenters. The molecule has 188 valence electrons. The number of anilines is 3. The largest absolute Gasteiger partial charge is 0.476 e. The third-order valence-corrected chi connectivity index (χ3v) is 5.44. The van der Waals surface area contributed by atoms with E-state index in [9.17, 15) is 9.18 Å². The molecule has 3 aromatic heterocycles. The van der Waals surface area contributed by atoms with Crippen molar-refractivity contribution in [1.29, 1.82) is 0 Å². The predicted octanol–water partition coefficient (Wildman–Crippen LogP) is 3.75. The van der Waals surface area contributed by atoms with Crippen LogP contribution in [0.3, 0.4) is 0 Å². The molecule has 0 saturated carbocycles. The van der Waals surface area contributed by atoms with E-state index in [0.717, 1.165) is 31.7 Å². The van der Waals surface area contributed by atoms with Crippen molar-refractivity contribution >= 4 is 23.2 Å². The van der Waals surface area contributed by atoms with E-state index in [-0.39, 0.29) is 29.3 Å². The van der Waals surface area contributed by atoms with E-state index in [2.05, 4.69) is 32.6 Å². The lowest BCUT2D eigenvalue weighted by Gasteiger charge is -2.24. The van der Waals surface area contributed by atoms with Crippen molar-refractivity contribution in [3.8, 4) is 11.6 Å². The molecule has 0 aliphatic carbocycles. The van der Waals surface area contributed by atoms with Gasteiger partial charge in [0.2, 0.25) is 5.88 Å². The molecule has 3 rings (SSSR count). The minimum absolute atomic E-state index is 0.0116. The van der Waals surface area contributed by atoms with E-state index in [1.54, 1.807) is 29.2 Å². The summed E-state index contributed by atoms with van der Waals surface area (Å²) >= 11 is 0. The van der Waals surface area contributed by atoms with Crippen LogP contribution in [0.25, 0.3) is 5.69 Å². The van der Waals surface area contributed by atoms with Crippen molar-refractivity contribution in [2.75, 3.05) is 17.2 Å². The molecular formula is C24H33FN8O2. The molecule has 0 aliphatic heterocycles. The molecule has 3 heterocycles. The number of unbranched alkanes of at least 4 members (excludes halogenated alkanes) is 2. The van der Waals surface area contributed by atoms with Crippen LogP contribution in [0.4, 0.5) is 21.7 Å². The van der Waals surface area contributed by atoms with Gasteiger partial charge >= 0.3 is 0 Å². The van der Waals surface area contributed by atoms with Crippen molar-refractivity contribution in [3.05, 3.63) is 48.2 Å². The average molecular weight is 485 g/mol. The summed E-state index contributed by atoms with van der Waals surface area (Å²) in [5.74, 6) is -1.03. The summed E-state index contributed by atoms with van der Waals surface area (Å²) in [6.45, 7) is 6.26. The number of nitrogens with zero attached hydrogens (tertiary/aromatic N) is 4. The highest BCUT2D eigenvalue weighted by Gasteiger charge is 2.21. The van der Waals surface area contributed by atoms with Crippen LogP contribution in [0.15, 0.2) is 36.8 Å². The zero-order valence-electron chi connectivity index (χ0n) is 20.3. The maximum atomic E-state index is 14.9. The van der Waals surface area contributed by atoms with E-state index >= 15 is 0 Å². The maximum Gasteiger partial charge on any atom is 0.252 e. The Morgan fingerprint density at radius 1 is 1.26 bits per heavy atom. The number of hydrogen-bond donors (Lipinski definition) is 4. The molecule has 0 aromatic carbocycles. The number of nitrogens with one attached hydrogen (secondary N) is 2. The number of nitrogens with two attached hydrogens (primary N) is 2. The number of amides is 1. The van der Waals surface area contributed by atoms with Crippen molar-refractivity contribution in [2.45, 2.75) is 58.5 Å². The molecule has 6 N–H and O–H groups in total. The highest BCUT2D eigenvalue weighted by atomic mass is 19.1. The first-order chi connectivity index (χ1) is 16.8. The minimum atomic E-state index is -0.816. The molecule has 0 bridgehead atoms. The van der Waals surface area contributed by atoms with E-state index in [1.165, 1.54) is 6.20 Å². The lowest BCUT2D eigenvalue weighted by Crippen LogP contribution is -2.38. The van der Waals surface area contributed by atoms with Crippen molar-refractivity contribution in [3.63, 3.8) is 0 Å². The quantitative estimate of drug-likeness (QED) is 0.268. The van der Waals surface area contributed by atoms with Crippen LogP contribution in [0.5, 0.6) is 5.88 Å². The van der Waals surface area contributed by atoms with E-state index in [1.807, 2.05) is 13.8 Å². The summed E-state index contributed by atoms with van der Waals surface area (Å²) in [5, 5.41) is 10.4. The number of aromatic nitrogens is 4. The predicted molar refractivity (Wildman–Crippen MR) is 134 cm³/mol. The second kappa shape index (κ2) is 12.1. The van der Waals surface area contributed by atoms with Crippen molar-refractivity contribution in [2.24, 2.45) is 11.5 Å². The fourth-order valence-electron chi connectivity index (χ4n) is 3.60. The Hall–Kier alpha value is -3.73. The lowest BCUT2D eigenvalue weighted by molar-refractivity contribution is 0.100. The number of primary amides is 1. The minimum Gasteiger partial charge on any atom is -0.476 e. The number of carbonyl (C=O) groups is 1. The van der Waals surface area contributed by atoms with Crippen LogP contribution in [0.1, 0.15) is 56.8 Å². The molecule has 0 spiro atoms. The van der Waals surface area contributed by atoms with Gasteiger partial charge in [-0.3, -0.25) is 4.79 Å². The standard InChI is InChI=1S/C24H33FN8O2/c1-4-6-7-9-19(15(3)26)31-23-18(25)13-17(21(27)34)22(32-23)30-16-12-20(33-11-8-10-29-33)24(28-14-16)35-5-2/h8,10-15,19H,4-7,9,26H2,1-3H3,(H2,27,34)(H2,30,31,32)/t15-,19+/m0/s1. The normalized spacial score (nSPS) is 12.7. The van der Waals surface area contributed by atoms with Crippen LogP contribution >= 0.6 is 0 Å². The summed E-state index contributed by atoms with van der Waals surface area (Å²) in [4.78, 5) is 20.8. The van der Waals surface area contributed by atoms with Gasteiger partial charge in [-0.25, -0.2) is 19.0 Å². The third kappa shape index (κ3) is 6.66. The Kier molecular flexibility index (Phi) is 8.96.